The zero-order valence-corrected chi connectivity index (χ0v) is 15.5. The van der Waals surface area contributed by atoms with Crippen molar-refractivity contribution >= 4 is 0 Å². The van der Waals surface area contributed by atoms with E-state index in [1.807, 2.05) is 0 Å². The van der Waals surface area contributed by atoms with Gasteiger partial charge in [0.25, 0.3) is 5.92 Å². The van der Waals surface area contributed by atoms with E-state index in [9.17, 15) is 8.78 Å². The molecule has 2 unspecified atom stereocenters. The lowest BCUT2D eigenvalue weighted by atomic mass is 9.66. The summed E-state index contributed by atoms with van der Waals surface area (Å²) in [4.78, 5) is 0. The number of allylic oxidation sites excluding steroid dienone is 1. The number of hydrogen-bond acceptors (Lipinski definition) is 0. The number of halogens is 2. The predicted octanol–water partition coefficient (Wildman–Crippen LogP) is 7.29. The van der Waals surface area contributed by atoms with Crippen molar-refractivity contribution in [3.05, 3.63) is 48.0 Å². The van der Waals surface area contributed by atoms with Crippen LogP contribution < -0.4 is 0 Å². The van der Waals surface area contributed by atoms with Crippen LogP contribution in [0.4, 0.5) is 8.78 Å². The largest absolute Gasteiger partial charge is 0.251 e. The molecule has 1 aromatic rings. The monoisotopic (exact) mass is 346 g/mol. The van der Waals surface area contributed by atoms with Gasteiger partial charge in [-0.25, -0.2) is 8.78 Å². The van der Waals surface area contributed by atoms with Crippen LogP contribution in [0.15, 0.2) is 36.9 Å². The van der Waals surface area contributed by atoms with Crippen LogP contribution >= 0.6 is 0 Å². The minimum absolute atomic E-state index is 0.120. The van der Waals surface area contributed by atoms with Crippen LogP contribution in [-0.4, -0.2) is 5.92 Å². The van der Waals surface area contributed by atoms with Gasteiger partial charge >= 0.3 is 0 Å². The van der Waals surface area contributed by atoms with Crippen molar-refractivity contribution in [2.45, 2.75) is 76.6 Å². The summed E-state index contributed by atoms with van der Waals surface area (Å²) in [6.07, 6.45) is 9.47. The minimum Gasteiger partial charge on any atom is -0.207 e. The highest BCUT2D eigenvalue weighted by molar-refractivity contribution is 5.24. The highest BCUT2D eigenvalue weighted by Gasteiger charge is 2.46. The first-order valence-electron chi connectivity index (χ1n) is 10.0. The Labute approximate surface area is 151 Å². The maximum absolute atomic E-state index is 14.5. The van der Waals surface area contributed by atoms with Crippen molar-refractivity contribution in [3.8, 4) is 0 Å². The Kier molecular flexibility index (Phi) is 5.96. The average Bonchev–Trinajstić information content (AvgIpc) is 2.61. The van der Waals surface area contributed by atoms with Gasteiger partial charge < -0.3 is 0 Å². The fraction of sp³-hybridized carbons (Fsp3) is 0.652. The van der Waals surface area contributed by atoms with Crippen molar-refractivity contribution in [1.82, 2.24) is 0 Å². The lowest BCUT2D eigenvalue weighted by molar-refractivity contribution is -0.114. The molecule has 2 fully saturated rings. The summed E-state index contributed by atoms with van der Waals surface area (Å²) in [5.41, 5.74) is 2.73. The molecule has 2 heteroatoms. The van der Waals surface area contributed by atoms with Gasteiger partial charge in [0.15, 0.2) is 0 Å². The van der Waals surface area contributed by atoms with E-state index in [-0.39, 0.29) is 12.3 Å². The molecule has 138 valence electrons. The Bertz CT molecular complexity index is 552. The van der Waals surface area contributed by atoms with E-state index >= 15 is 0 Å². The van der Waals surface area contributed by atoms with Crippen molar-refractivity contribution in [2.75, 3.05) is 0 Å². The quantitative estimate of drug-likeness (QED) is 0.491. The summed E-state index contributed by atoms with van der Waals surface area (Å²) < 4.78 is 29.1. The summed E-state index contributed by atoms with van der Waals surface area (Å²) in [5.74, 6) is -1.53. The number of hydrogen-bond donors (Lipinski definition) is 0. The predicted molar refractivity (Wildman–Crippen MR) is 101 cm³/mol. The average molecular weight is 347 g/mol. The Hall–Kier alpha value is -1.18. The molecule has 0 N–H and O–H groups in total. The standard InChI is InChI=1S/C23H32F2/c1-3-4-5-22-15-14-21(16-23(22,24)25)20-12-10-19(11-13-20)18-8-6-17(2)7-9-18/h3,6-9,19-22H,1,4-5,10-16H2,2H3. The second-order valence-electron chi connectivity index (χ2n) is 8.39. The molecule has 2 saturated carbocycles. The second-order valence-corrected chi connectivity index (χ2v) is 8.39. The third-order valence-electron chi connectivity index (χ3n) is 6.72. The molecule has 0 saturated heterocycles. The highest BCUT2D eigenvalue weighted by Crippen LogP contribution is 2.49. The maximum Gasteiger partial charge on any atom is 0.251 e. The van der Waals surface area contributed by atoms with Gasteiger partial charge in [-0.2, -0.15) is 0 Å². The Balaban J connectivity index is 1.53. The van der Waals surface area contributed by atoms with E-state index in [4.69, 9.17) is 0 Å². The molecule has 3 rings (SSSR count). The summed E-state index contributed by atoms with van der Waals surface area (Å²) in [6, 6.07) is 8.87. The second kappa shape index (κ2) is 8.01. The molecule has 2 atom stereocenters. The first kappa shape index (κ1) is 18.6. The number of alkyl halides is 2. The van der Waals surface area contributed by atoms with Crippen LogP contribution in [0.5, 0.6) is 0 Å². The van der Waals surface area contributed by atoms with Gasteiger partial charge in [-0.15, -0.1) is 6.58 Å². The molecule has 0 amide bonds. The molecule has 1 aromatic carbocycles. The molecular weight excluding hydrogens is 314 g/mol. The molecule has 0 bridgehead atoms. The van der Waals surface area contributed by atoms with E-state index in [0.29, 0.717) is 31.1 Å². The topological polar surface area (TPSA) is 0 Å². The van der Waals surface area contributed by atoms with Gasteiger partial charge in [-0.3, -0.25) is 0 Å². The lowest BCUT2D eigenvalue weighted by Gasteiger charge is -2.41. The zero-order chi connectivity index (χ0) is 17.9. The number of benzene rings is 1. The van der Waals surface area contributed by atoms with Crippen LogP contribution in [0, 0.1) is 24.7 Å². The third-order valence-corrected chi connectivity index (χ3v) is 6.72. The van der Waals surface area contributed by atoms with Crippen LogP contribution in [0.25, 0.3) is 0 Å². The van der Waals surface area contributed by atoms with Gasteiger partial charge in [0.2, 0.25) is 0 Å². The molecule has 2 aliphatic carbocycles. The van der Waals surface area contributed by atoms with E-state index in [2.05, 4.69) is 37.8 Å². The fourth-order valence-corrected chi connectivity index (χ4v) is 5.08. The van der Waals surface area contributed by atoms with Crippen molar-refractivity contribution < 1.29 is 8.78 Å². The van der Waals surface area contributed by atoms with Gasteiger partial charge in [0.1, 0.15) is 0 Å². The van der Waals surface area contributed by atoms with Gasteiger partial charge in [-0.1, -0.05) is 35.9 Å². The summed E-state index contributed by atoms with van der Waals surface area (Å²) in [6.45, 7) is 5.79. The molecule has 2 aliphatic rings. The summed E-state index contributed by atoms with van der Waals surface area (Å²) in [7, 11) is 0. The summed E-state index contributed by atoms with van der Waals surface area (Å²) >= 11 is 0. The minimum atomic E-state index is -2.47. The van der Waals surface area contributed by atoms with Crippen LogP contribution in [0.3, 0.4) is 0 Å². The van der Waals surface area contributed by atoms with Crippen LogP contribution in [-0.2, 0) is 0 Å². The third kappa shape index (κ3) is 4.51. The Morgan fingerprint density at radius 2 is 1.64 bits per heavy atom. The van der Waals surface area contributed by atoms with Crippen molar-refractivity contribution in [2.24, 2.45) is 17.8 Å². The van der Waals surface area contributed by atoms with E-state index in [1.165, 1.54) is 11.1 Å². The highest BCUT2D eigenvalue weighted by atomic mass is 19.3. The normalized spacial score (nSPS) is 32.3. The molecule has 0 nitrogen and oxygen atoms in total. The fourth-order valence-electron chi connectivity index (χ4n) is 5.08. The molecule has 25 heavy (non-hydrogen) atoms. The molecule has 0 spiro atoms. The maximum atomic E-state index is 14.5. The van der Waals surface area contributed by atoms with Gasteiger partial charge in [0.05, 0.1) is 0 Å². The summed E-state index contributed by atoms with van der Waals surface area (Å²) in [5, 5.41) is 0. The van der Waals surface area contributed by atoms with E-state index in [1.54, 1.807) is 6.08 Å². The van der Waals surface area contributed by atoms with E-state index in [0.717, 1.165) is 32.1 Å². The van der Waals surface area contributed by atoms with Crippen molar-refractivity contribution in [3.63, 3.8) is 0 Å². The molecule has 0 radical (unpaired) electrons. The van der Waals surface area contributed by atoms with Gasteiger partial charge in [0, 0.05) is 12.3 Å². The van der Waals surface area contributed by atoms with Crippen molar-refractivity contribution in [1.29, 1.82) is 0 Å². The van der Waals surface area contributed by atoms with Gasteiger partial charge in [-0.05, 0) is 81.6 Å². The number of aryl methyl sites for hydroxylation is 1. The van der Waals surface area contributed by atoms with Crippen LogP contribution in [0.1, 0.15) is 74.8 Å². The number of rotatable bonds is 5. The molecular formula is C23H32F2. The molecule has 0 aromatic heterocycles. The smallest absolute Gasteiger partial charge is 0.207 e. The first-order chi connectivity index (χ1) is 12.0. The Morgan fingerprint density at radius 1 is 1.00 bits per heavy atom. The first-order valence-corrected chi connectivity index (χ1v) is 10.0. The van der Waals surface area contributed by atoms with E-state index < -0.39 is 11.8 Å². The SMILES string of the molecule is C=CCCC1CCC(C2CCC(c3ccc(C)cc3)CC2)CC1(F)F. The zero-order valence-electron chi connectivity index (χ0n) is 15.5. The van der Waals surface area contributed by atoms with Crippen LogP contribution in [0.2, 0.25) is 0 Å². The lowest BCUT2D eigenvalue weighted by Crippen LogP contribution is -2.38. The molecule has 0 aliphatic heterocycles. The Morgan fingerprint density at radius 3 is 2.24 bits per heavy atom. The molecule has 0 heterocycles.